The van der Waals surface area contributed by atoms with Crippen molar-refractivity contribution in [3.05, 3.63) is 64.8 Å². The van der Waals surface area contributed by atoms with Crippen LogP contribution in [-0.4, -0.2) is 38.7 Å². The molecule has 1 fully saturated rings. The van der Waals surface area contributed by atoms with E-state index in [1.54, 1.807) is 16.8 Å². The third-order valence-electron chi connectivity index (χ3n) is 5.41. The number of hydrogen-bond acceptors (Lipinski definition) is 5. The molecular weight excluding hydrogens is 400 g/mol. The molecule has 0 radical (unpaired) electrons. The van der Waals surface area contributed by atoms with E-state index in [2.05, 4.69) is 32.2 Å². The molecule has 4 rings (SSSR count). The van der Waals surface area contributed by atoms with E-state index in [0.29, 0.717) is 17.4 Å². The molecule has 3 aromatic rings. The normalized spacial score (nSPS) is 14.7. The lowest BCUT2D eigenvalue weighted by Crippen LogP contribution is -2.33. The monoisotopic (exact) mass is 424 g/mol. The molecule has 0 spiro atoms. The van der Waals surface area contributed by atoms with E-state index in [-0.39, 0.29) is 11.7 Å². The van der Waals surface area contributed by atoms with Crippen LogP contribution in [0.15, 0.2) is 42.6 Å². The molecule has 1 N–H and O–H groups in total. The molecule has 1 amide bonds. The molecule has 156 valence electrons. The number of hydrogen-bond donors (Lipinski definition) is 1. The highest BCUT2D eigenvalue weighted by molar-refractivity contribution is 6.30. The van der Waals surface area contributed by atoms with Crippen molar-refractivity contribution in [1.29, 1.82) is 0 Å². The van der Waals surface area contributed by atoms with Gasteiger partial charge in [0.1, 0.15) is 11.6 Å². The molecule has 1 saturated heterocycles. The molecule has 1 aromatic carbocycles. The second kappa shape index (κ2) is 8.83. The van der Waals surface area contributed by atoms with Crippen LogP contribution < -0.4 is 10.2 Å². The molecule has 0 atom stereocenters. The highest BCUT2D eigenvalue weighted by Gasteiger charge is 2.17. The van der Waals surface area contributed by atoms with Gasteiger partial charge in [0, 0.05) is 30.9 Å². The second-order valence-corrected chi connectivity index (χ2v) is 8.18. The standard InChI is InChI=1S/C22H25ClN6O/c1-15-9-11-28(12-10-15)20-8-3-17(13-24-20)14-25-22(30)21-26-16(2)29(27-21)19-6-4-18(23)5-7-19/h3-8,13,15H,9-12,14H2,1-2H3,(H,25,30). The Kier molecular flexibility index (Phi) is 5.99. The zero-order valence-electron chi connectivity index (χ0n) is 17.2. The van der Waals surface area contributed by atoms with Crippen LogP contribution in [0.4, 0.5) is 5.82 Å². The van der Waals surface area contributed by atoms with Gasteiger partial charge in [-0.05, 0) is 61.6 Å². The number of amides is 1. The zero-order chi connectivity index (χ0) is 21.1. The maximum Gasteiger partial charge on any atom is 0.291 e. The summed E-state index contributed by atoms with van der Waals surface area (Å²) in [7, 11) is 0. The van der Waals surface area contributed by atoms with Gasteiger partial charge in [0.2, 0.25) is 5.82 Å². The Bertz CT molecular complexity index is 1010. The third kappa shape index (κ3) is 4.62. The summed E-state index contributed by atoms with van der Waals surface area (Å²) >= 11 is 5.94. The van der Waals surface area contributed by atoms with Crippen molar-refractivity contribution in [3.63, 3.8) is 0 Å². The molecule has 1 aliphatic rings. The van der Waals surface area contributed by atoms with Gasteiger partial charge in [-0.1, -0.05) is 24.6 Å². The minimum Gasteiger partial charge on any atom is -0.357 e. The van der Waals surface area contributed by atoms with Gasteiger partial charge in [-0.15, -0.1) is 5.10 Å². The van der Waals surface area contributed by atoms with E-state index in [4.69, 9.17) is 11.6 Å². The Morgan fingerprint density at radius 1 is 1.17 bits per heavy atom. The smallest absolute Gasteiger partial charge is 0.291 e. The van der Waals surface area contributed by atoms with E-state index < -0.39 is 0 Å². The van der Waals surface area contributed by atoms with Crippen LogP contribution in [0.2, 0.25) is 5.02 Å². The first-order valence-corrected chi connectivity index (χ1v) is 10.5. The fourth-order valence-corrected chi connectivity index (χ4v) is 3.65. The van der Waals surface area contributed by atoms with Crippen molar-refractivity contribution in [2.24, 2.45) is 5.92 Å². The molecule has 3 heterocycles. The number of aryl methyl sites for hydroxylation is 1. The Balaban J connectivity index is 1.37. The molecule has 2 aromatic heterocycles. The van der Waals surface area contributed by atoms with Gasteiger partial charge < -0.3 is 10.2 Å². The topological polar surface area (TPSA) is 75.9 Å². The Labute approximate surface area is 181 Å². The van der Waals surface area contributed by atoms with E-state index in [1.807, 2.05) is 37.4 Å². The van der Waals surface area contributed by atoms with Crippen molar-refractivity contribution in [1.82, 2.24) is 25.1 Å². The predicted molar refractivity (Wildman–Crippen MR) is 117 cm³/mol. The van der Waals surface area contributed by atoms with Crippen LogP contribution >= 0.6 is 11.6 Å². The summed E-state index contributed by atoms with van der Waals surface area (Å²) < 4.78 is 1.63. The minimum absolute atomic E-state index is 0.134. The van der Waals surface area contributed by atoms with E-state index in [0.717, 1.165) is 36.1 Å². The Morgan fingerprint density at radius 2 is 1.90 bits per heavy atom. The number of nitrogens with zero attached hydrogens (tertiary/aromatic N) is 5. The maximum atomic E-state index is 12.5. The van der Waals surface area contributed by atoms with Crippen molar-refractivity contribution < 1.29 is 4.79 Å². The van der Waals surface area contributed by atoms with Gasteiger partial charge in [0.25, 0.3) is 5.91 Å². The summed E-state index contributed by atoms with van der Waals surface area (Å²) in [6, 6.07) is 11.3. The summed E-state index contributed by atoms with van der Waals surface area (Å²) in [5.41, 5.74) is 1.74. The average Bonchev–Trinajstić information content (AvgIpc) is 3.15. The lowest BCUT2D eigenvalue weighted by molar-refractivity contribution is 0.0940. The summed E-state index contributed by atoms with van der Waals surface area (Å²) in [6.45, 7) is 6.57. The lowest BCUT2D eigenvalue weighted by Gasteiger charge is -2.31. The third-order valence-corrected chi connectivity index (χ3v) is 5.67. The van der Waals surface area contributed by atoms with Crippen LogP contribution in [0.5, 0.6) is 0 Å². The van der Waals surface area contributed by atoms with Gasteiger partial charge >= 0.3 is 0 Å². The summed E-state index contributed by atoms with van der Waals surface area (Å²) in [5, 5.41) is 7.84. The first kappa shape index (κ1) is 20.3. The molecule has 0 unspecified atom stereocenters. The van der Waals surface area contributed by atoms with E-state index in [1.165, 1.54) is 12.8 Å². The van der Waals surface area contributed by atoms with E-state index in [9.17, 15) is 4.79 Å². The molecule has 0 saturated carbocycles. The van der Waals surface area contributed by atoms with Crippen molar-refractivity contribution >= 4 is 23.3 Å². The van der Waals surface area contributed by atoms with Crippen LogP contribution in [0.1, 0.15) is 41.8 Å². The van der Waals surface area contributed by atoms with Crippen LogP contribution in [0, 0.1) is 12.8 Å². The molecule has 8 heteroatoms. The van der Waals surface area contributed by atoms with Crippen LogP contribution in [0.3, 0.4) is 0 Å². The molecule has 0 aliphatic carbocycles. The maximum absolute atomic E-state index is 12.5. The number of aromatic nitrogens is 4. The molecule has 0 bridgehead atoms. The summed E-state index contributed by atoms with van der Waals surface area (Å²) in [4.78, 5) is 23.7. The zero-order valence-corrected chi connectivity index (χ0v) is 17.9. The average molecular weight is 425 g/mol. The molecular formula is C22H25ClN6O. The number of nitrogens with one attached hydrogen (secondary N) is 1. The van der Waals surface area contributed by atoms with Gasteiger partial charge in [0.05, 0.1) is 5.69 Å². The second-order valence-electron chi connectivity index (χ2n) is 7.75. The highest BCUT2D eigenvalue weighted by Crippen LogP contribution is 2.21. The number of anilines is 1. The first-order valence-electron chi connectivity index (χ1n) is 10.2. The number of piperidine rings is 1. The molecule has 1 aliphatic heterocycles. The number of rotatable bonds is 5. The number of carbonyl (C=O) groups excluding carboxylic acids is 1. The lowest BCUT2D eigenvalue weighted by atomic mass is 9.99. The van der Waals surface area contributed by atoms with Crippen molar-refractivity contribution in [2.45, 2.75) is 33.2 Å². The van der Waals surface area contributed by atoms with Crippen LogP contribution in [-0.2, 0) is 6.54 Å². The number of halogens is 1. The Morgan fingerprint density at radius 3 is 2.57 bits per heavy atom. The Hall–Kier alpha value is -2.93. The van der Waals surface area contributed by atoms with Gasteiger partial charge in [-0.2, -0.15) is 0 Å². The summed E-state index contributed by atoms with van der Waals surface area (Å²) in [5.74, 6) is 2.23. The van der Waals surface area contributed by atoms with Gasteiger partial charge in [-0.3, -0.25) is 4.79 Å². The largest absolute Gasteiger partial charge is 0.357 e. The SMILES string of the molecule is Cc1nc(C(=O)NCc2ccc(N3CCC(C)CC3)nc2)nn1-c1ccc(Cl)cc1. The fraction of sp³-hybridized carbons (Fsp3) is 0.364. The minimum atomic E-state index is -0.320. The van der Waals surface area contributed by atoms with Gasteiger partial charge in [0.15, 0.2) is 0 Å². The number of benzene rings is 1. The quantitative estimate of drug-likeness (QED) is 0.674. The predicted octanol–water partition coefficient (Wildman–Crippen LogP) is 3.79. The van der Waals surface area contributed by atoms with Crippen molar-refractivity contribution in [3.8, 4) is 5.69 Å². The van der Waals surface area contributed by atoms with Crippen LogP contribution in [0.25, 0.3) is 5.69 Å². The molecule has 30 heavy (non-hydrogen) atoms. The van der Waals surface area contributed by atoms with E-state index >= 15 is 0 Å². The number of carbonyl (C=O) groups is 1. The highest BCUT2D eigenvalue weighted by atomic mass is 35.5. The fourth-order valence-electron chi connectivity index (χ4n) is 3.52. The molecule has 7 nitrogen and oxygen atoms in total. The van der Waals surface area contributed by atoms with Gasteiger partial charge in [-0.25, -0.2) is 14.6 Å². The van der Waals surface area contributed by atoms with Crippen molar-refractivity contribution in [2.75, 3.05) is 18.0 Å². The number of pyridine rings is 1. The summed E-state index contributed by atoms with van der Waals surface area (Å²) in [6.07, 6.45) is 4.22. The first-order chi connectivity index (χ1) is 14.5.